The molecule has 3 rings (SSSR count). The molecule has 1 amide bonds. The Morgan fingerprint density at radius 1 is 1.18 bits per heavy atom. The highest BCUT2D eigenvalue weighted by Gasteiger charge is 2.27. The van der Waals surface area contributed by atoms with Crippen LogP contribution in [0.5, 0.6) is 5.75 Å². The maximum atomic E-state index is 12.7. The SMILES string of the molecule is O=C(c1ccccc1)N1CCCCC1COc1cccnc1. The van der Waals surface area contributed by atoms with Gasteiger partial charge in [-0.2, -0.15) is 0 Å². The maximum absolute atomic E-state index is 12.7. The van der Waals surface area contributed by atoms with Gasteiger partial charge in [-0.1, -0.05) is 18.2 Å². The summed E-state index contributed by atoms with van der Waals surface area (Å²) in [5.41, 5.74) is 0.746. The first-order valence-corrected chi connectivity index (χ1v) is 7.73. The predicted molar refractivity (Wildman–Crippen MR) is 84.8 cm³/mol. The molecule has 1 aliphatic heterocycles. The molecule has 0 N–H and O–H groups in total. The third-order valence-corrected chi connectivity index (χ3v) is 3.99. The van der Waals surface area contributed by atoms with E-state index in [0.29, 0.717) is 6.61 Å². The van der Waals surface area contributed by atoms with Crippen LogP contribution >= 0.6 is 0 Å². The van der Waals surface area contributed by atoms with Gasteiger partial charge in [0.1, 0.15) is 12.4 Å². The quantitative estimate of drug-likeness (QED) is 0.870. The number of ether oxygens (including phenoxy) is 1. The molecule has 4 nitrogen and oxygen atoms in total. The molecule has 0 aliphatic carbocycles. The summed E-state index contributed by atoms with van der Waals surface area (Å²) >= 11 is 0. The highest BCUT2D eigenvalue weighted by molar-refractivity contribution is 5.94. The zero-order valence-corrected chi connectivity index (χ0v) is 12.5. The molecule has 0 spiro atoms. The molecule has 0 bridgehead atoms. The number of nitrogens with zero attached hydrogens (tertiary/aromatic N) is 2. The van der Waals surface area contributed by atoms with Crippen molar-refractivity contribution in [1.82, 2.24) is 9.88 Å². The molecule has 0 radical (unpaired) electrons. The summed E-state index contributed by atoms with van der Waals surface area (Å²) in [7, 11) is 0. The molecule has 114 valence electrons. The van der Waals surface area contributed by atoms with E-state index in [0.717, 1.165) is 37.1 Å². The summed E-state index contributed by atoms with van der Waals surface area (Å²) in [6.07, 6.45) is 6.60. The Hall–Kier alpha value is -2.36. The first-order valence-electron chi connectivity index (χ1n) is 7.73. The van der Waals surface area contributed by atoms with Gasteiger partial charge in [-0.25, -0.2) is 0 Å². The van der Waals surface area contributed by atoms with Crippen molar-refractivity contribution < 1.29 is 9.53 Å². The topological polar surface area (TPSA) is 42.4 Å². The fraction of sp³-hybridized carbons (Fsp3) is 0.333. The number of pyridine rings is 1. The van der Waals surface area contributed by atoms with Crippen LogP contribution in [0.4, 0.5) is 0 Å². The number of aromatic nitrogens is 1. The fourth-order valence-electron chi connectivity index (χ4n) is 2.81. The van der Waals surface area contributed by atoms with Crippen LogP contribution < -0.4 is 4.74 Å². The van der Waals surface area contributed by atoms with Gasteiger partial charge in [0.25, 0.3) is 5.91 Å². The van der Waals surface area contributed by atoms with Crippen molar-refractivity contribution in [3.63, 3.8) is 0 Å². The molecule has 2 aromatic rings. The van der Waals surface area contributed by atoms with E-state index >= 15 is 0 Å². The van der Waals surface area contributed by atoms with Gasteiger partial charge in [0.2, 0.25) is 0 Å². The summed E-state index contributed by atoms with van der Waals surface area (Å²) in [6.45, 7) is 1.32. The average Bonchev–Trinajstić information content (AvgIpc) is 2.61. The number of hydrogen-bond acceptors (Lipinski definition) is 3. The predicted octanol–water partition coefficient (Wildman–Crippen LogP) is 3.16. The molecule has 1 aliphatic rings. The first-order chi connectivity index (χ1) is 10.8. The smallest absolute Gasteiger partial charge is 0.254 e. The van der Waals surface area contributed by atoms with E-state index in [9.17, 15) is 4.79 Å². The van der Waals surface area contributed by atoms with E-state index in [1.54, 1.807) is 12.4 Å². The molecule has 0 saturated carbocycles. The van der Waals surface area contributed by atoms with Gasteiger partial charge in [0.15, 0.2) is 0 Å². The van der Waals surface area contributed by atoms with Crippen molar-refractivity contribution in [2.75, 3.05) is 13.2 Å². The van der Waals surface area contributed by atoms with Crippen LogP contribution in [0.25, 0.3) is 0 Å². The Morgan fingerprint density at radius 3 is 2.82 bits per heavy atom. The highest BCUT2D eigenvalue weighted by Crippen LogP contribution is 2.21. The van der Waals surface area contributed by atoms with Crippen molar-refractivity contribution in [3.05, 3.63) is 60.4 Å². The van der Waals surface area contributed by atoms with E-state index < -0.39 is 0 Å². The minimum atomic E-state index is 0.0973. The number of carbonyl (C=O) groups is 1. The number of hydrogen-bond donors (Lipinski definition) is 0. The second-order valence-corrected chi connectivity index (χ2v) is 5.51. The Morgan fingerprint density at radius 2 is 2.05 bits per heavy atom. The minimum Gasteiger partial charge on any atom is -0.490 e. The van der Waals surface area contributed by atoms with Crippen molar-refractivity contribution in [1.29, 1.82) is 0 Å². The number of likely N-dealkylation sites (tertiary alicyclic amines) is 1. The van der Waals surface area contributed by atoms with Gasteiger partial charge in [-0.3, -0.25) is 9.78 Å². The second-order valence-electron chi connectivity index (χ2n) is 5.51. The lowest BCUT2D eigenvalue weighted by Gasteiger charge is -2.35. The summed E-state index contributed by atoms with van der Waals surface area (Å²) in [4.78, 5) is 18.7. The lowest BCUT2D eigenvalue weighted by molar-refractivity contribution is 0.0528. The van der Waals surface area contributed by atoms with Crippen molar-refractivity contribution in [2.45, 2.75) is 25.3 Å². The van der Waals surface area contributed by atoms with Gasteiger partial charge in [0, 0.05) is 18.3 Å². The summed E-state index contributed by atoms with van der Waals surface area (Å²) < 4.78 is 5.81. The van der Waals surface area contributed by atoms with E-state index in [1.807, 2.05) is 47.4 Å². The van der Waals surface area contributed by atoms with Gasteiger partial charge in [-0.05, 0) is 43.5 Å². The Bertz CT molecular complexity index is 601. The molecule has 1 saturated heterocycles. The molecule has 4 heteroatoms. The summed E-state index contributed by atoms with van der Waals surface area (Å²) in [5, 5.41) is 0. The highest BCUT2D eigenvalue weighted by atomic mass is 16.5. The Kier molecular flexibility index (Phi) is 4.68. The molecule has 1 fully saturated rings. The van der Waals surface area contributed by atoms with Crippen LogP contribution in [0.2, 0.25) is 0 Å². The van der Waals surface area contributed by atoms with Crippen molar-refractivity contribution >= 4 is 5.91 Å². The Labute approximate surface area is 130 Å². The van der Waals surface area contributed by atoms with Crippen LogP contribution in [0, 0.1) is 0 Å². The molecular weight excluding hydrogens is 276 g/mol. The van der Waals surface area contributed by atoms with Crippen LogP contribution in [-0.2, 0) is 0 Å². The molecule has 1 aromatic carbocycles. The third-order valence-electron chi connectivity index (χ3n) is 3.99. The minimum absolute atomic E-state index is 0.0973. The van der Waals surface area contributed by atoms with E-state index in [2.05, 4.69) is 4.98 Å². The number of carbonyl (C=O) groups excluding carboxylic acids is 1. The Balaban J connectivity index is 1.67. The van der Waals surface area contributed by atoms with Crippen LogP contribution in [-0.4, -0.2) is 35.0 Å². The second kappa shape index (κ2) is 7.07. The maximum Gasteiger partial charge on any atom is 0.254 e. The normalized spacial score (nSPS) is 18.0. The average molecular weight is 296 g/mol. The summed E-state index contributed by atoms with van der Waals surface area (Å²) in [5.74, 6) is 0.847. The van der Waals surface area contributed by atoms with Gasteiger partial charge >= 0.3 is 0 Å². The van der Waals surface area contributed by atoms with E-state index in [1.165, 1.54) is 0 Å². The molecule has 1 atom stereocenters. The van der Waals surface area contributed by atoms with Crippen molar-refractivity contribution in [3.8, 4) is 5.75 Å². The zero-order chi connectivity index (χ0) is 15.2. The standard InChI is InChI=1S/C18H20N2O2/c21-18(15-7-2-1-3-8-15)20-12-5-4-9-16(20)14-22-17-10-6-11-19-13-17/h1-3,6-8,10-11,13,16H,4-5,9,12,14H2. The van der Waals surface area contributed by atoms with Gasteiger partial charge < -0.3 is 9.64 Å². The lowest BCUT2D eigenvalue weighted by Crippen LogP contribution is -2.46. The molecule has 2 heterocycles. The first kappa shape index (κ1) is 14.6. The largest absolute Gasteiger partial charge is 0.490 e. The molecular formula is C18H20N2O2. The van der Waals surface area contributed by atoms with Crippen LogP contribution in [0.3, 0.4) is 0 Å². The zero-order valence-electron chi connectivity index (χ0n) is 12.5. The van der Waals surface area contributed by atoms with Crippen LogP contribution in [0.1, 0.15) is 29.6 Å². The lowest BCUT2D eigenvalue weighted by atomic mass is 10.0. The molecule has 1 unspecified atom stereocenters. The van der Waals surface area contributed by atoms with E-state index in [-0.39, 0.29) is 11.9 Å². The molecule has 1 aromatic heterocycles. The van der Waals surface area contributed by atoms with Gasteiger partial charge in [0.05, 0.1) is 12.2 Å². The number of amides is 1. The number of rotatable bonds is 4. The summed E-state index contributed by atoms with van der Waals surface area (Å²) in [6, 6.07) is 13.3. The van der Waals surface area contributed by atoms with E-state index in [4.69, 9.17) is 4.74 Å². The van der Waals surface area contributed by atoms with Gasteiger partial charge in [-0.15, -0.1) is 0 Å². The number of piperidine rings is 1. The molecule has 22 heavy (non-hydrogen) atoms. The number of benzene rings is 1. The van der Waals surface area contributed by atoms with Crippen molar-refractivity contribution in [2.24, 2.45) is 0 Å². The monoisotopic (exact) mass is 296 g/mol. The fourth-order valence-corrected chi connectivity index (χ4v) is 2.81. The third kappa shape index (κ3) is 3.45. The van der Waals surface area contributed by atoms with Crippen LogP contribution in [0.15, 0.2) is 54.9 Å².